The Kier molecular flexibility index (Phi) is 3.39. The van der Waals surface area contributed by atoms with Crippen LogP contribution in [0.3, 0.4) is 0 Å². The Morgan fingerprint density at radius 1 is 1.25 bits per heavy atom. The van der Waals surface area contributed by atoms with E-state index in [0.29, 0.717) is 5.92 Å². The lowest BCUT2D eigenvalue weighted by atomic mass is 9.76. The van der Waals surface area contributed by atoms with E-state index >= 15 is 0 Å². The van der Waals surface area contributed by atoms with Crippen molar-refractivity contribution in [1.82, 2.24) is 0 Å². The predicted molar refractivity (Wildman–Crippen MR) is 65.3 cm³/mol. The molecule has 0 amide bonds. The average Bonchev–Trinajstić information content (AvgIpc) is 2.29. The minimum atomic E-state index is 0.0265. The molecule has 1 saturated carbocycles. The van der Waals surface area contributed by atoms with Crippen molar-refractivity contribution < 1.29 is 4.79 Å². The third kappa shape index (κ3) is 2.33. The molecule has 0 spiro atoms. The first kappa shape index (κ1) is 11.3. The molecule has 2 nitrogen and oxygen atoms in total. The summed E-state index contributed by atoms with van der Waals surface area (Å²) in [5.74, 6) is 0.911. The number of Topliss-reactive ketones (excluding diaryl/α,β-unsaturated/α-hetero) is 1. The van der Waals surface area contributed by atoms with Crippen LogP contribution in [-0.4, -0.2) is 11.8 Å². The van der Waals surface area contributed by atoms with E-state index in [1.807, 2.05) is 30.3 Å². The lowest BCUT2D eigenvalue weighted by Gasteiger charge is -2.31. The highest BCUT2D eigenvalue weighted by molar-refractivity contribution is 5.98. The highest BCUT2D eigenvalue weighted by atomic mass is 16.1. The molecule has 0 aromatic heterocycles. The van der Waals surface area contributed by atoms with E-state index in [-0.39, 0.29) is 17.7 Å². The van der Waals surface area contributed by atoms with Gasteiger partial charge < -0.3 is 5.73 Å². The fraction of sp³-hybridized carbons (Fsp3) is 0.500. The molecule has 3 atom stereocenters. The minimum absolute atomic E-state index is 0.0265. The van der Waals surface area contributed by atoms with Gasteiger partial charge in [-0.25, -0.2) is 0 Å². The predicted octanol–water partition coefficient (Wildman–Crippen LogP) is 2.63. The Balaban J connectivity index is 2.11. The Morgan fingerprint density at radius 2 is 1.94 bits per heavy atom. The summed E-state index contributed by atoms with van der Waals surface area (Å²) in [6, 6.07) is 9.55. The maximum Gasteiger partial charge on any atom is 0.167 e. The summed E-state index contributed by atoms with van der Waals surface area (Å²) in [6.07, 6.45) is 3.04. The molecule has 16 heavy (non-hydrogen) atoms. The highest BCUT2D eigenvalue weighted by Crippen LogP contribution is 2.29. The van der Waals surface area contributed by atoms with Gasteiger partial charge in [0.05, 0.1) is 0 Å². The van der Waals surface area contributed by atoms with E-state index in [1.54, 1.807) is 0 Å². The summed E-state index contributed by atoms with van der Waals surface area (Å²) in [6.45, 7) is 2.21. The lowest BCUT2D eigenvalue weighted by molar-refractivity contribution is 0.0852. The van der Waals surface area contributed by atoms with Crippen molar-refractivity contribution in [3.8, 4) is 0 Å². The number of ketones is 1. The van der Waals surface area contributed by atoms with Gasteiger partial charge in [-0.3, -0.25) is 4.79 Å². The molecule has 2 rings (SSSR count). The standard InChI is InChI=1S/C14H19NO/c1-10-7-8-12(13(15)9-10)14(16)11-5-3-2-4-6-11/h2-6,10,12-13H,7-9,15H2,1H3. The second kappa shape index (κ2) is 4.79. The van der Waals surface area contributed by atoms with Gasteiger partial charge in [0.1, 0.15) is 0 Å². The maximum absolute atomic E-state index is 12.2. The molecule has 0 bridgehead atoms. The second-order valence-electron chi connectivity index (χ2n) is 4.92. The van der Waals surface area contributed by atoms with Gasteiger partial charge in [0, 0.05) is 17.5 Å². The third-order valence-electron chi connectivity index (χ3n) is 3.56. The van der Waals surface area contributed by atoms with E-state index in [1.165, 1.54) is 0 Å². The number of hydrogen-bond acceptors (Lipinski definition) is 2. The smallest absolute Gasteiger partial charge is 0.167 e. The van der Waals surface area contributed by atoms with Gasteiger partial charge in [0.2, 0.25) is 0 Å². The van der Waals surface area contributed by atoms with Crippen LogP contribution in [0.2, 0.25) is 0 Å². The zero-order valence-electron chi connectivity index (χ0n) is 9.73. The Labute approximate surface area is 96.8 Å². The van der Waals surface area contributed by atoms with Gasteiger partial charge >= 0.3 is 0 Å². The summed E-state index contributed by atoms with van der Waals surface area (Å²) in [4.78, 5) is 12.2. The Morgan fingerprint density at radius 3 is 2.56 bits per heavy atom. The van der Waals surface area contributed by atoms with Crippen LogP contribution in [0.15, 0.2) is 30.3 Å². The van der Waals surface area contributed by atoms with Crippen LogP contribution in [-0.2, 0) is 0 Å². The van der Waals surface area contributed by atoms with Gasteiger partial charge in [-0.1, -0.05) is 37.3 Å². The first-order chi connectivity index (χ1) is 7.68. The molecule has 1 aliphatic rings. The second-order valence-corrected chi connectivity index (χ2v) is 4.92. The third-order valence-corrected chi connectivity index (χ3v) is 3.56. The molecular weight excluding hydrogens is 198 g/mol. The SMILES string of the molecule is CC1CCC(C(=O)c2ccccc2)C(N)C1. The first-order valence-electron chi connectivity index (χ1n) is 6.03. The number of nitrogens with two attached hydrogens (primary N) is 1. The number of carbonyl (C=O) groups excluding carboxylic acids is 1. The molecule has 1 aromatic rings. The van der Waals surface area contributed by atoms with Crippen molar-refractivity contribution in [2.45, 2.75) is 32.2 Å². The number of rotatable bonds is 2. The van der Waals surface area contributed by atoms with Crippen molar-refractivity contribution in [1.29, 1.82) is 0 Å². The van der Waals surface area contributed by atoms with Gasteiger partial charge in [-0.2, -0.15) is 0 Å². The number of hydrogen-bond donors (Lipinski definition) is 1. The fourth-order valence-electron chi connectivity index (χ4n) is 2.57. The lowest BCUT2D eigenvalue weighted by Crippen LogP contribution is -2.40. The fourth-order valence-corrected chi connectivity index (χ4v) is 2.57. The van der Waals surface area contributed by atoms with E-state index < -0.39 is 0 Å². The van der Waals surface area contributed by atoms with Crippen LogP contribution < -0.4 is 5.73 Å². The van der Waals surface area contributed by atoms with Crippen LogP contribution in [0.1, 0.15) is 36.5 Å². The zero-order chi connectivity index (χ0) is 11.5. The molecule has 0 radical (unpaired) electrons. The summed E-state index contributed by atoms with van der Waals surface area (Å²) in [5, 5.41) is 0. The average molecular weight is 217 g/mol. The van der Waals surface area contributed by atoms with Crippen LogP contribution in [0.4, 0.5) is 0 Å². The molecule has 86 valence electrons. The van der Waals surface area contributed by atoms with Crippen LogP contribution in [0.25, 0.3) is 0 Å². The molecular formula is C14H19NO. The van der Waals surface area contributed by atoms with E-state index in [4.69, 9.17) is 5.73 Å². The molecule has 0 saturated heterocycles. The molecule has 1 aliphatic carbocycles. The van der Waals surface area contributed by atoms with Crippen molar-refractivity contribution in [2.75, 3.05) is 0 Å². The highest BCUT2D eigenvalue weighted by Gasteiger charge is 2.31. The Bertz CT molecular complexity index is 360. The van der Waals surface area contributed by atoms with Crippen molar-refractivity contribution in [3.63, 3.8) is 0 Å². The first-order valence-corrected chi connectivity index (χ1v) is 6.03. The molecule has 0 heterocycles. The largest absolute Gasteiger partial charge is 0.327 e. The van der Waals surface area contributed by atoms with E-state index in [2.05, 4.69) is 6.92 Å². The molecule has 0 aliphatic heterocycles. The van der Waals surface area contributed by atoms with Crippen molar-refractivity contribution in [3.05, 3.63) is 35.9 Å². The normalized spacial score (nSPS) is 30.0. The van der Waals surface area contributed by atoms with Gasteiger partial charge in [-0.05, 0) is 25.2 Å². The van der Waals surface area contributed by atoms with Crippen LogP contribution in [0.5, 0.6) is 0 Å². The monoisotopic (exact) mass is 217 g/mol. The van der Waals surface area contributed by atoms with E-state index in [0.717, 1.165) is 24.8 Å². The van der Waals surface area contributed by atoms with Crippen molar-refractivity contribution in [2.24, 2.45) is 17.6 Å². The summed E-state index contributed by atoms with van der Waals surface area (Å²) in [7, 11) is 0. The molecule has 1 fully saturated rings. The molecule has 1 aromatic carbocycles. The molecule has 2 N–H and O–H groups in total. The molecule has 2 heteroatoms. The van der Waals surface area contributed by atoms with E-state index in [9.17, 15) is 4.79 Å². The molecule has 3 unspecified atom stereocenters. The number of carbonyl (C=O) groups is 1. The van der Waals surface area contributed by atoms with Gasteiger partial charge in [-0.15, -0.1) is 0 Å². The van der Waals surface area contributed by atoms with Gasteiger partial charge in [0.15, 0.2) is 5.78 Å². The summed E-state index contributed by atoms with van der Waals surface area (Å²) >= 11 is 0. The van der Waals surface area contributed by atoms with Crippen LogP contribution in [0, 0.1) is 11.8 Å². The minimum Gasteiger partial charge on any atom is -0.327 e. The zero-order valence-corrected chi connectivity index (χ0v) is 9.73. The Hall–Kier alpha value is -1.15. The summed E-state index contributed by atoms with van der Waals surface area (Å²) < 4.78 is 0. The van der Waals surface area contributed by atoms with Crippen molar-refractivity contribution >= 4 is 5.78 Å². The van der Waals surface area contributed by atoms with Crippen LogP contribution >= 0.6 is 0 Å². The summed E-state index contributed by atoms with van der Waals surface area (Å²) in [5.41, 5.74) is 6.89. The number of benzene rings is 1. The maximum atomic E-state index is 12.2. The quantitative estimate of drug-likeness (QED) is 0.774. The topological polar surface area (TPSA) is 43.1 Å². The van der Waals surface area contributed by atoms with Gasteiger partial charge in [0.25, 0.3) is 0 Å².